The van der Waals surface area contributed by atoms with Crippen LogP contribution < -0.4 is 0 Å². The lowest BCUT2D eigenvalue weighted by Crippen LogP contribution is -2.58. The predicted molar refractivity (Wildman–Crippen MR) is 226 cm³/mol. The predicted octanol–water partition coefficient (Wildman–Crippen LogP) is 4.94. The highest BCUT2D eigenvalue weighted by atomic mass is 16.8. The molecule has 9 fully saturated rings. The molecule has 9 aliphatic rings. The second-order valence-corrected chi connectivity index (χ2v) is 21.4. The Morgan fingerprint density at radius 2 is 1.12 bits per heavy atom. The highest BCUT2D eigenvalue weighted by molar-refractivity contribution is 5.88. The molecule has 366 valence electrons. The summed E-state index contributed by atoms with van der Waals surface area (Å²) in [5.41, 5.74) is -0.429. The van der Waals surface area contributed by atoms with Gasteiger partial charge in [0.15, 0.2) is 30.9 Å². The van der Waals surface area contributed by atoms with Gasteiger partial charge in [-0.3, -0.25) is 4.79 Å². The number of carbonyl (C=O) groups excluding carboxylic acids is 1. The van der Waals surface area contributed by atoms with Crippen LogP contribution in [0.4, 0.5) is 0 Å². The van der Waals surface area contributed by atoms with Gasteiger partial charge in [-0.15, -0.1) is 0 Å². The van der Waals surface area contributed by atoms with E-state index in [1.54, 1.807) is 28.3 Å². The Bertz CT molecular complexity index is 1610. The number of ketones is 1. The molecule has 6 saturated heterocycles. The molecule has 0 radical (unpaired) electrons. The molecule has 0 amide bonds. The number of carbonyl (C=O) groups is 1. The summed E-state index contributed by atoms with van der Waals surface area (Å²) < 4.78 is 82.5. The summed E-state index contributed by atoms with van der Waals surface area (Å²) in [5, 5.41) is 21.9. The van der Waals surface area contributed by atoms with Crippen LogP contribution in [0.1, 0.15) is 126 Å². The SMILES string of the molecule is CO[C@@H]1C[C@H](O[C@@H]2[C@@H](C)O[C@@H](O[C@H]3[C@@H](O)C[C@H](O[C@@H]4[C@@H](C)O[C@@H](O[C@H]5CC[C@@]6(C)[C@@H](CC[C@@]78O[C@@H](C)[C@@H]9CCC(=O)[C@]9(C)[C@@H](C[C@@H]76)O8)C5)C[C@H]4OC)O[C@@H]3C)C[C@H]2OC)O[C@H](C)[C@H]1O. The van der Waals surface area contributed by atoms with Crippen LogP contribution in [0, 0.1) is 28.6 Å². The molecule has 0 aromatic carbocycles. The van der Waals surface area contributed by atoms with E-state index in [1.165, 1.54) is 0 Å². The Kier molecular flexibility index (Phi) is 14.1. The highest BCUT2D eigenvalue weighted by Gasteiger charge is 2.70. The Labute approximate surface area is 379 Å². The van der Waals surface area contributed by atoms with Gasteiger partial charge < -0.3 is 71.8 Å². The van der Waals surface area contributed by atoms with Gasteiger partial charge in [0.25, 0.3) is 0 Å². The Morgan fingerprint density at radius 3 is 1.73 bits per heavy atom. The van der Waals surface area contributed by atoms with E-state index in [-0.39, 0.29) is 60.3 Å². The number of methoxy groups -OCH3 is 3. The van der Waals surface area contributed by atoms with Crippen molar-refractivity contribution in [3.8, 4) is 0 Å². The number of hydrogen-bond donors (Lipinski definition) is 2. The Hall–Kier alpha value is -0.930. The molecule has 64 heavy (non-hydrogen) atoms. The van der Waals surface area contributed by atoms with Crippen molar-refractivity contribution in [2.45, 2.75) is 248 Å². The van der Waals surface area contributed by atoms with Crippen molar-refractivity contribution in [3.05, 3.63) is 0 Å². The molecule has 3 saturated carbocycles. The molecule has 16 heteroatoms. The van der Waals surface area contributed by atoms with Crippen LogP contribution in [-0.2, 0) is 66.4 Å². The summed E-state index contributed by atoms with van der Waals surface area (Å²) in [6, 6.07) is 0. The lowest BCUT2D eigenvalue weighted by atomic mass is 9.52. The zero-order valence-electron chi connectivity index (χ0n) is 39.8. The van der Waals surface area contributed by atoms with Crippen LogP contribution in [0.25, 0.3) is 0 Å². The van der Waals surface area contributed by atoms with Gasteiger partial charge in [-0.2, -0.15) is 0 Å². The first kappa shape index (κ1) is 48.1. The molecule has 6 aliphatic heterocycles. The largest absolute Gasteiger partial charge is 0.390 e. The number of hydrogen-bond acceptors (Lipinski definition) is 16. The van der Waals surface area contributed by atoms with Gasteiger partial charge in [0, 0.05) is 71.7 Å². The fourth-order valence-electron chi connectivity index (χ4n) is 14.1. The number of aliphatic hydroxyl groups excluding tert-OH is 2. The first-order valence-electron chi connectivity index (χ1n) is 24.6. The maximum Gasteiger partial charge on any atom is 0.172 e. The van der Waals surface area contributed by atoms with Gasteiger partial charge in [0.2, 0.25) is 0 Å². The van der Waals surface area contributed by atoms with Crippen molar-refractivity contribution in [3.63, 3.8) is 0 Å². The van der Waals surface area contributed by atoms with E-state index >= 15 is 0 Å². The lowest BCUT2D eigenvalue weighted by molar-refractivity contribution is -0.346. The zero-order chi connectivity index (χ0) is 45.5. The molecule has 9 rings (SSSR count). The second kappa shape index (κ2) is 18.8. The molecule has 2 N–H and O–H groups in total. The van der Waals surface area contributed by atoms with Crippen molar-refractivity contribution in [1.29, 1.82) is 0 Å². The molecule has 2 bridgehead atoms. The minimum absolute atomic E-state index is 0.00183. The maximum atomic E-state index is 13.4. The molecule has 6 heterocycles. The van der Waals surface area contributed by atoms with E-state index in [2.05, 4.69) is 20.8 Å². The molecular weight excluding hydrogens is 833 g/mol. The smallest absolute Gasteiger partial charge is 0.172 e. The fourth-order valence-corrected chi connectivity index (χ4v) is 14.1. The van der Waals surface area contributed by atoms with Crippen molar-refractivity contribution < 1.29 is 76.6 Å². The summed E-state index contributed by atoms with van der Waals surface area (Å²) in [7, 11) is 4.88. The molecule has 16 nitrogen and oxygen atoms in total. The highest BCUT2D eigenvalue weighted by Crippen LogP contribution is 2.67. The molecule has 1 spiro atoms. The first-order valence-corrected chi connectivity index (χ1v) is 24.6. The maximum absolute atomic E-state index is 13.4. The lowest BCUT2D eigenvalue weighted by Gasteiger charge is -2.57. The molecule has 0 aromatic rings. The summed E-state index contributed by atoms with van der Waals surface area (Å²) >= 11 is 0. The number of Topliss-reactive ketones (excluding diaryl/α,β-unsaturated/α-hetero) is 1. The third-order valence-corrected chi connectivity index (χ3v) is 17.8. The third kappa shape index (κ3) is 8.60. The first-order chi connectivity index (χ1) is 30.5. The average Bonchev–Trinajstić information content (AvgIpc) is 3.77. The molecule has 25 atom stereocenters. The topological polar surface area (TPSA) is 178 Å². The second-order valence-electron chi connectivity index (χ2n) is 21.4. The zero-order valence-corrected chi connectivity index (χ0v) is 39.8. The number of rotatable bonds is 11. The Morgan fingerprint density at radius 1 is 0.578 bits per heavy atom. The normalized spacial score (nSPS) is 55.3. The summed E-state index contributed by atoms with van der Waals surface area (Å²) in [5.74, 6) is 0.674. The summed E-state index contributed by atoms with van der Waals surface area (Å²) in [6.07, 6.45) is 0.0931. The van der Waals surface area contributed by atoms with Crippen LogP contribution in [-0.4, -0.2) is 160 Å². The molecule has 0 unspecified atom stereocenters. The van der Waals surface area contributed by atoms with Crippen LogP contribution in [0.15, 0.2) is 0 Å². The van der Waals surface area contributed by atoms with E-state index in [4.69, 9.17) is 61.6 Å². The molecule has 0 aromatic heterocycles. The van der Waals surface area contributed by atoms with Crippen LogP contribution in [0.3, 0.4) is 0 Å². The summed E-state index contributed by atoms with van der Waals surface area (Å²) in [6.45, 7) is 14.3. The Balaban J connectivity index is 0.753. The average molecular weight is 911 g/mol. The van der Waals surface area contributed by atoms with Gasteiger partial charge in [0.1, 0.15) is 30.2 Å². The number of aliphatic hydroxyl groups is 2. The quantitative estimate of drug-likeness (QED) is 0.266. The van der Waals surface area contributed by atoms with Crippen molar-refractivity contribution in [1.82, 2.24) is 0 Å². The van der Waals surface area contributed by atoms with Crippen molar-refractivity contribution >= 4 is 5.78 Å². The van der Waals surface area contributed by atoms with E-state index in [0.717, 1.165) is 44.9 Å². The minimum Gasteiger partial charge on any atom is -0.390 e. The van der Waals surface area contributed by atoms with Crippen molar-refractivity contribution in [2.24, 2.45) is 28.6 Å². The fraction of sp³-hybridized carbons (Fsp3) is 0.979. The third-order valence-electron chi connectivity index (χ3n) is 17.8. The molecule has 3 aliphatic carbocycles. The van der Waals surface area contributed by atoms with E-state index in [0.29, 0.717) is 37.4 Å². The van der Waals surface area contributed by atoms with Gasteiger partial charge in [-0.25, -0.2) is 0 Å². The van der Waals surface area contributed by atoms with Crippen LogP contribution in [0.2, 0.25) is 0 Å². The van der Waals surface area contributed by atoms with E-state index in [9.17, 15) is 15.0 Å². The van der Waals surface area contributed by atoms with Crippen molar-refractivity contribution in [2.75, 3.05) is 21.3 Å². The van der Waals surface area contributed by atoms with Gasteiger partial charge in [-0.1, -0.05) is 6.92 Å². The van der Waals surface area contributed by atoms with Crippen LogP contribution in [0.5, 0.6) is 0 Å². The van der Waals surface area contributed by atoms with Gasteiger partial charge >= 0.3 is 0 Å². The van der Waals surface area contributed by atoms with Crippen LogP contribution >= 0.6 is 0 Å². The van der Waals surface area contributed by atoms with E-state index < -0.39 is 91.3 Å². The van der Waals surface area contributed by atoms with Gasteiger partial charge in [0.05, 0.1) is 72.6 Å². The number of ether oxygens (including phenoxy) is 13. The summed E-state index contributed by atoms with van der Waals surface area (Å²) in [4.78, 5) is 13.4. The van der Waals surface area contributed by atoms with Gasteiger partial charge in [-0.05, 0) is 91.4 Å². The standard InChI is InChI=1S/C48H78O16/c1-23-30-11-12-36(50)47(30,7)37-22-35-46(6)15-14-29(17-28(46)13-16-48(35,63-23)64-37)59-39-20-33(53-9)44(26(4)57-39)61-38-18-31(49)43(25(3)56-38)60-41-21-34(54-10)45(27(5)58-41)62-40-19-32(52-8)42(51)24(2)55-40/h23-35,37-45,49,51H,11-22H2,1-10H3/t23-,24+,25+,26+,27+,28-,29-,30-,31-,32+,33+,34+,35+,37+,38-,39-,40-,41-,42+,43+,44+,45+,46-,47+,48-/m0/s1. The number of fused-ring (bicyclic) bond motifs is 5. The molecular formula is C48H78O16. The monoisotopic (exact) mass is 911 g/mol. The van der Waals surface area contributed by atoms with E-state index in [1.807, 2.05) is 20.8 Å². The minimum atomic E-state index is -0.888.